The summed E-state index contributed by atoms with van der Waals surface area (Å²) >= 11 is 0. The SMILES string of the molecule is CCNC(=O)N1CCc2c(cccc2-n2nnc(C(=O)NC3CCCC3)c2C)C1. The Morgan fingerprint density at radius 1 is 1.24 bits per heavy atom. The van der Waals surface area contributed by atoms with Gasteiger partial charge in [-0.2, -0.15) is 0 Å². The van der Waals surface area contributed by atoms with Gasteiger partial charge in [0.2, 0.25) is 0 Å². The molecule has 1 saturated carbocycles. The van der Waals surface area contributed by atoms with Gasteiger partial charge in [-0.25, -0.2) is 9.48 Å². The highest BCUT2D eigenvalue weighted by Gasteiger charge is 2.26. The molecule has 0 saturated heterocycles. The molecule has 1 fully saturated rings. The fourth-order valence-corrected chi connectivity index (χ4v) is 4.32. The molecule has 1 aliphatic heterocycles. The quantitative estimate of drug-likeness (QED) is 0.830. The summed E-state index contributed by atoms with van der Waals surface area (Å²) in [5, 5.41) is 14.4. The second-order valence-corrected chi connectivity index (χ2v) is 7.81. The molecule has 1 aromatic carbocycles. The molecule has 0 radical (unpaired) electrons. The molecule has 0 spiro atoms. The molecule has 2 N–H and O–H groups in total. The summed E-state index contributed by atoms with van der Waals surface area (Å²) < 4.78 is 1.75. The van der Waals surface area contributed by atoms with E-state index >= 15 is 0 Å². The average molecular weight is 396 g/mol. The smallest absolute Gasteiger partial charge is 0.317 e. The molecule has 8 heteroatoms. The third-order valence-corrected chi connectivity index (χ3v) is 5.88. The number of benzene rings is 1. The van der Waals surface area contributed by atoms with Crippen molar-refractivity contribution < 1.29 is 9.59 Å². The van der Waals surface area contributed by atoms with Crippen molar-refractivity contribution in [1.29, 1.82) is 0 Å². The minimum Gasteiger partial charge on any atom is -0.348 e. The maximum Gasteiger partial charge on any atom is 0.317 e. The van der Waals surface area contributed by atoms with Crippen LogP contribution in [0.3, 0.4) is 0 Å². The molecule has 0 unspecified atom stereocenters. The van der Waals surface area contributed by atoms with Crippen molar-refractivity contribution in [1.82, 2.24) is 30.5 Å². The number of hydrogen-bond donors (Lipinski definition) is 2. The van der Waals surface area contributed by atoms with Crippen LogP contribution in [0.4, 0.5) is 4.79 Å². The highest BCUT2D eigenvalue weighted by molar-refractivity contribution is 5.93. The van der Waals surface area contributed by atoms with Crippen molar-refractivity contribution in [3.8, 4) is 5.69 Å². The van der Waals surface area contributed by atoms with Crippen molar-refractivity contribution >= 4 is 11.9 Å². The van der Waals surface area contributed by atoms with Crippen molar-refractivity contribution in [3.05, 3.63) is 40.7 Å². The lowest BCUT2D eigenvalue weighted by Gasteiger charge is -2.30. The fraction of sp³-hybridized carbons (Fsp3) is 0.524. The lowest BCUT2D eigenvalue weighted by atomic mass is 9.98. The lowest BCUT2D eigenvalue weighted by molar-refractivity contribution is 0.0932. The molecular weight excluding hydrogens is 368 g/mol. The van der Waals surface area contributed by atoms with Crippen molar-refractivity contribution in [2.24, 2.45) is 0 Å². The number of aromatic nitrogens is 3. The number of nitrogens with one attached hydrogen (secondary N) is 2. The van der Waals surface area contributed by atoms with Crippen LogP contribution in [0.5, 0.6) is 0 Å². The van der Waals surface area contributed by atoms with Gasteiger partial charge in [0.25, 0.3) is 5.91 Å². The standard InChI is InChI=1S/C21H28N6O2/c1-3-22-21(29)26-12-11-17-15(13-26)7-6-10-18(17)27-14(2)19(24-25-27)20(28)23-16-8-4-5-9-16/h6-7,10,16H,3-5,8-9,11-13H2,1-2H3,(H,22,29)(H,23,28). The third kappa shape index (κ3) is 3.83. The van der Waals surface area contributed by atoms with Gasteiger partial charge >= 0.3 is 6.03 Å². The topological polar surface area (TPSA) is 92.2 Å². The molecule has 2 aromatic rings. The van der Waals surface area contributed by atoms with Gasteiger partial charge in [0.05, 0.1) is 11.4 Å². The minimum absolute atomic E-state index is 0.0358. The summed E-state index contributed by atoms with van der Waals surface area (Å²) in [4.78, 5) is 26.7. The van der Waals surface area contributed by atoms with Gasteiger partial charge in [0, 0.05) is 25.7 Å². The van der Waals surface area contributed by atoms with Crippen LogP contribution in [0.1, 0.15) is 59.9 Å². The number of carbonyl (C=O) groups is 2. The Kier molecular flexibility index (Phi) is 5.51. The van der Waals surface area contributed by atoms with E-state index in [0.29, 0.717) is 25.3 Å². The largest absolute Gasteiger partial charge is 0.348 e. The Morgan fingerprint density at radius 3 is 2.79 bits per heavy atom. The van der Waals surface area contributed by atoms with Crippen LogP contribution in [-0.4, -0.2) is 51.0 Å². The minimum atomic E-state index is -0.145. The van der Waals surface area contributed by atoms with Gasteiger partial charge in [-0.15, -0.1) is 5.10 Å². The molecule has 8 nitrogen and oxygen atoms in total. The fourth-order valence-electron chi connectivity index (χ4n) is 4.32. The van der Waals surface area contributed by atoms with E-state index in [1.807, 2.05) is 36.9 Å². The molecule has 4 rings (SSSR count). The maximum absolute atomic E-state index is 12.7. The zero-order valence-corrected chi connectivity index (χ0v) is 17.1. The van der Waals surface area contributed by atoms with E-state index in [-0.39, 0.29) is 18.0 Å². The highest BCUT2D eigenvalue weighted by atomic mass is 16.2. The highest BCUT2D eigenvalue weighted by Crippen LogP contribution is 2.26. The Morgan fingerprint density at radius 2 is 2.03 bits per heavy atom. The zero-order chi connectivity index (χ0) is 20.4. The van der Waals surface area contributed by atoms with Crippen LogP contribution in [0.2, 0.25) is 0 Å². The molecule has 154 valence electrons. The first-order chi connectivity index (χ1) is 14.1. The summed E-state index contributed by atoms with van der Waals surface area (Å²) in [7, 11) is 0. The maximum atomic E-state index is 12.7. The monoisotopic (exact) mass is 396 g/mol. The van der Waals surface area contributed by atoms with Crippen LogP contribution in [0.15, 0.2) is 18.2 Å². The zero-order valence-electron chi connectivity index (χ0n) is 17.1. The van der Waals surface area contributed by atoms with Crippen molar-refractivity contribution in [2.45, 2.75) is 58.5 Å². The van der Waals surface area contributed by atoms with Crippen molar-refractivity contribution in [2.75, 3.05) is 13.1 Å². The van der Waals surface area contributed by atoms with Gasteiger partial charge < -0.3 is 15.5 Å². The molecule has 29 heavy (non-hydrogen) atoms. The third-order valence-electron chi connectivity index (χ3n) is 5.88. The second kappa shape index (κ2) is 8.23. The molecule has 2 aliphatic rings. The Labute approximate surface area is 170 Å². The Bertz CT molecular complexity index is 916. The van der Waals surface area contributed by atoms with Crippen LogP contribution in [0, 0.1) is 6.92 Å². The molecule has 3 amide bonds. The van der Waals surface area contributed by atoms with Crippen molar-refractivity contribution in [3.63, 3.8) is 0 Å². The van der Waals surface area contributed by atoms with E-state index in [4.69, 9.17) is 0 Å². The second-order valence-electron chi connectivity index (χ2n) is 7.81. The van der Waals surface area contributed by atoms with Crippen LogP contribution in [0.25, 0.3) is 5.69 Å². The lowest BCUT2D eigenvalue weighted by Crippen LogP contribution is -2.42. The van der Waals surface area contributed by atoms with Crippen LogP contribution in [-0.2, 0) is 13.0 Å². The number of hydrogen-bond acceptors (Lipinski definition) is 4. The van der Waals surface area contributed by atoms with Gasteiger partial charge in [0.15, 0.2) is 5.69 Å². The van der Waals surface area contributed by atoms with E-state index in [1.54, 1.807) is 4.68 Å². The Balaban J connectivity index is 1.57. The van der Waals surface area contributed by atoms with E-state index in [1.165, 1.54) is 12.8 Å². The molecule has 0 atom stereocenters. The first-order valence-electron chi connectivity index (χ1n) is 10.5. The summed E-state index contributed by atoms with van der Waals surface area (Å²) in [5.41, 5.74) is 4.31. The van der Waals surface area contributed by atoms with Gasteiger partial charge in [-0.05, 0) is 50.3 Å². The van der Waals surface area contributed by atoms with Crippen LogP contribution >= 0.6 is 0 Å². The number of urea groups is 1. The molecule has 1 aromatic heterocycles. The number of amides is 3. The van der Waals surface area contributed by atoms with Gasteiger partial charge in [0.1, 0.15) is 0 Å². The van der Waals surface area contributed by atoms with E-state index in [0.717, 1.165) is 41.8 Å². The predicted molar refractivity (Wildman–Crippen MR) is 109 cm³/mol. The van der Waals surface area contributed by atoms with E-state index < -0.39 is 0 Å². The summed E-state index contributed by atoms with van der Waals surface area (Å²) in [6, 6.07) is 6.23. The van der Waals surface area contributed by atoms with Gasteiger partial charge in [-0.1, -0.05) is 30.2 Å². The summed E-state index contributed by atoms with van der Waals surface area (Å²) in [5.74, 6) is -0.145. The summed E-state index contributed by atoms with van der Waals surface area (Å²) in [6.07, 6.45) is 5.14. The first-order valence-corrected chi connectivity index (χ1v) is 10.5. The van der Waals surface area contributed by atoms with Crippen LogP contribution < -0.4 is 10.6 Å². The molecular formula is C21H28N6O2. The van der Waals surface area contributed by atoms with E-state index in [2.05, 4.69) is 20.9 Å². The number of carbonyl (C=O) groups excluding carboxylic acids is 2. The normalized spacial score (nSPS) is 16.6. The number of rotatable bonds is 4. The first kappa shape index (κ1) is 19.4. The predicted octanol–water partition coefficient (Wildman–Crippen LogP) is 2.34. The molecule has 2 heterocycles. The van der Waals surface area contributed by atoms with Gasteiger partial charge in [-0.3, -0.25) is 4.79 Å². The summed E-state index contributed by atoms with van der Waals surface area (Å²) in [6.45, 7) is 5.64. The molecule has 1 aliphatic carbocycles. The average Bonchev–Trinajstić information content (AvgIpc) is 3.36. The number of fused-ring (bicyclic) bond motifs is 1. The number of nitrogens with zero attached hydrogens (tertiary/aromatic N) is 4. The van der Waals surface area contributed by atoms with E-state index in [9.17, 15) is 9.59 Å². The Hall–Kier alpha value is -2.90. The molecule has 0 bridgehead atoms.